The number of rotatable bonds is 3. The minimum Gasteiger partial charge on any atom is -0.345 e. The molecule has 0 radical (unpaired) electrons. The molecule has 29 heavy (non-hydrogen) atoms. The zero-order chi connectivity index (χ0) is 20.5. The molecule has 154 valence electrons. The average molecular weight is 413 g/mol. The first-order valence-corrected chi connectivity index (χ1v) is 11.1. The summed E-state index contributed by atoms with van der Waals surface area (Å²) in [6, 6.07) is 6.11. The van der Waals surface area contributed by atoms with E-state index in [4.69, 9.17) is 4.98 Å². The highest BCUT2D eigenvalue weighted by Crippen LogP contribution is 2.35. The highest BCUT2D eigenvalue weighted by molar-refractivity contribution is 7.15. The SMILES string of the molecule is CC(=O)N1CCN(c2nc3c(s2)CC(C(=O)Nc2ccc(C)cc2C)CC3)CC1. The van der Waals surface area contributed by atoms with E-state index in [9.17, 15) is 9.59 Å². The van der Waals surface area contributed by atoms with Gasteiger partial charge in [-0.15, -0.1) is 11.3 Å². The summed E-state index contributed by atoms with van der Waals surface area (Å²) >= 11 is 1.72. The number of anilines is 2. The summed E-state index contributed by atoms with van der Waals surface area (Å²) in [7, 11) is 0. The molecule has 1 aromatic carbocycles. The Morgan fingerprint density at radius 1 is 1.17 bits per heavy atom. The number of piperazine rings is 1. The van der Waals surface area contributed by atoms with Gasteiger partial charge in [-0.25, -0.2) is 4.98 Å². The summed E-state index contributed by atoms with van der Waals surface area (Å²) in [5.74, 6) is 0.236. The third-order valence-electron chi connectivity index (χ3n) is 5.93. The molecular weight excluding hydrogens is 384 g/mol. The Balaban J connectivity index is 1.40. The van der Waals surface area contributed by atoms with E-state index in [2.05, 4.69) is 23.2 Å². The topological polar surface area (TPSA) is 65.5 Å². The van der Waals surface area contributed by atoms with E-state index in [0.29, 0.717) is 0 Å². The van der Waals surface area contributed by atoms with Crippen molar-refractivity contribution in [3.8, 4) is 0 Å². The zero-order valence-electron chi connectivity index (χ0n) is 17.3. The van der Waals surface area contributed by atoms with Gasteiger partial charge >= 0.3 is 0 Å². The number of aryl methyl sites for hydroxylation is 3. The Bertz CT molecular complexity index is 931. The fourth-order valence-corrected chi connectivity index (χ4v) is 5.36. The van der Waals surface area contributed by atoms with Crippen molar-refractivity contribution >= 4 is 34.0 Å². The first-order chi connectivity index (χ1) is 13.9. The molecule has 0 bridgehead atoms. The summed E-state index contributed by atoms with van der Waals surface area (Å²) in [5, 5.41) is 4.16. The number of carbonyl (C=O) groups is 2. The van der Waals surface area contributed by atoms with E-state index >= 15 is 0 Å². The predicted octanol–water partition coefficient (Wildman–Crippen LogP) is 3.17. The number of aromatic nitrogens is 1. The van der Waals surface area contributed by atoms with Crippen molar-refractivity contribution in [1.82, 2.24) is 9.88 Å². The van der Waals surface area contributed by atoms with Crippen LogP contribution < -0.4 is 10.2 Å². The molecule has 2 aromatic rings. The van der Waals surface area contributed by atoms with Crippen LogP contribution in [0, 0.1) is 19.8 Å². The molecule has 2 aliphatic rings. The van der Waals surface area contributed by atoms with E-state index in [-0.39, 0.29) is 17.7 Å². The van der Waals surface area contributed by atoms with Gasteiger partial charge < -0.3 is 15.1 Å². The summed E-state index contributed by atoms with van der Waals surface area (Å²) in [4.78, 5) is 34.6. The molecule has 1 aliphatic carbocycles. The van der Waals surface area contributed by atoms with Gasteiger partial charge in [0.1, 0.15) is 0 Å². The number of nitrogens with one attached hydrogen (secondary N) is 1. The molecule has 1 atom stereocenters. The molecule has 1 N–H and O–H groups in total. The van der Waals surface area contributed by atoms with Crippen LogP contribution in [0.4, 0.5) is 10.8 Å². The largest absolute Gasteiger partial charge is 0.345 e. The molecule has 1 saturated heterocycles. The Hall–Kier alpha value is -2.41. The van der Waals surface area contributed by atoms with Gasteiger partial charge in [0.15, 0.2) is 5.13 Å². The van der Waals surface area contributed by atoms with Crippen molar-refractivity contribution < 1.29 is 9.59 Å². The van der Waals surface area contributed by atoms with Gasteiger partial charge in [-0.1, -0.05) is 17.7 Å². The molecule has 1 aliphatic heterocycles. The molecule has 7 heteroatoms. The molecule has 0 saturated carbocycles. The van der Waals surface area contributed by atoms with Crippen LogP contribution in [-0.4, -0.2) is 47.9 Å². The van der Waals surface area contributed by atoms with Crippen LogP contribution in [-0.2, 0) is 22.4 Å². The highest BCUT2D eigenvalue weighted by Gasteiger charge is 2.29. The van der Waals surface area contributed by atoms with Gasteiger partial charge in [-0.05, 0) is 44.7 Å². The summed E-state index contributed by atoms with van der Waals surface area (Å²) in [6.07, 6.45) is 2.45. The molecule has 2 amide bonds. The van der Waals surface area contributed by atoms with E-state index in [1.165, 1.54) is 10.4 Å². The minimum atomic E-state index is -0.00827. The van der Waals surface area contributed by atoms with E-state index in [1.54, 1.807) is 18.3 Å². The fourth-order valence-electron chi connectivity index (χ4n) is 4.12. The molecule has 6 nitrogen and oxygen atoms in total. The molecular formula is C22H28N4O2S. The van der Waals surface area contributed by atoms with Crippen LogP contribution >= 0.6 is 11.3 Å². The lowest BCUT2D eigenvalue weighted by Crippen LogP contribution is -2.48. The Morgan fingerprint density at radius 2 is 1.93 bits per heavy atom. The maximum Gasteiger partial charge on any atom is 0.227 e. The fraction of sp³-hybridized carbons (Fsp3) is 0.500. The van der Waals surface area contributed by atoms with Crippen molar-refractivity contribution in [2.24, 2.45) is 5.92 Å². The van der Waals surface area contributed by atoms with Gasteiger partial charge in [-0.2, -0.15) is 0 Å². The number of carbonyl (C=O) groups excluding carboxylic acids is 2. The van der Waals surface area contributed by atoms with Gasteiger partial charge in [0.2, 0.25) is 11.8 Å². The lowest BCUT2D eigenvalue weighted by Gasteiger charge is -2.33. The van der Waals surface area contributed by atoms with Crippen molar-refractivity contribution in [2.45, 2.75) is 40.0 Å². The molecule has 1 unspecified atom stereocenters. The van der Waals surface area contributed by atoms with Gasteiger partial charge in [-0.3, -0.25) is 9.59 Å². The molecule has 0 spiro atoms. The molecule has 1 fully saturated rings. The number of amides is 2. The van der Waals surface area contributed by atoms with Gasteiger partial charge in [0, 0.05) is 49.6 Å². The lowest BCUT2D eigenvalue weighted by molar-refractivity contribution is -0.129. The van der Waals surface area contributed by atoms with Crippen LogP contribution in [0.2, 0.25) is 0 Å². The van der Waals surface area contributed by atoms with Gasteiger partial charge in [0.05, 0.1) is 5.69 Å². The smallest absolute Gasteiger partial charge is 0.227 e. The minimum absolute atomic E-state index is 0.00827. The Morgan fingerprint density at radius 3 is 2.62 bits per heavy atom. The highest BCUT2D eigenvalue weighted by atomic mass is 32.1. The van der Waals surface area contributed by atoms with Crippen LogP contribution in [0.5, 0.6) is 0 Å². The third-order valence-corrected chi connectivity index (χ3v) is 7.12. The second-order valence-electron chi connectivity index (χ2n) is 8.11. The first-order valence-electron chi connectivity index (χ1n) is 10.3. The average Bonchev–Trinajstić information content (AvgIpc) is 3.13. The van der Waals surface area contributed by atoms with Crippen LogP contribution in [0.3, 0.4) is 0 Å². The van der Waals surface area contributed by atoms with Crippen molar-refractivity contribution in [3.05, 3.63) is 39.9 Å². The first kappa shape index (κ1) is 19.9. The number of hydrogen-bond donors (Lipinski definition) is 1. The van der Waals surface area contributed by atoms with Gasteiger partial charge in [0.25, 0.3) is 0 Å². The number of fused-ring (bicyclic) bond motifs is 1. The van der Waals surface area contributed by atoms with Crippen molar-refractivity contribution in [3.63, 3.8) is 0 Å². The summed E-state index contributed by atoms with van der Waals surface area (Å²) < 4.78 is 0. The monoisotopic (exact) mass is 412 g/mol. The standard InChI is InChI=1S/C22H28N4O2S/c1-14-4-6-18(15(2)12-14)23-21(28)17-5-7-19-20(13-17)29-22(24-19)26-10-8-25(9-11-26)16(3)27/h4,6,12,17H,5,7-11,13H2,1-3H3,(H,23,28). The Kier molecular flexibility index (Phi) is 5.58. The zero-order valence-corrected chi connectivity index (χ0v) is 18.1. The van der Waals surface area contributed by atoms with Crippen molar-refractivity contribution in [2.75, 3.05) is 36.4 Å². The van der Waals surface area contributed by atoms with Crippen molar-refractivity contribution in [1.29, 1.82) is 0 Å². The maximum atomic E-state index is 12.8. The van der Waals surface area contributed by atoms with Crippen LogP contribution in [0.1, 0.15) is 35.0 Å². The second-order valence-corrected chi connectivity index (χ2v) is 9.17. The molecule has 1 aromatic heterocycles. The normalized spacial score (nSPS) is 19.1. The predicted molar refractivity (Wildman–Crippen MR) is 117 cm³/mol. The number of benzene rings is 1. The Labute approximate surface area is 175 Å². The van der Waals surface area contributed by atoms with Crippen LogP contribution in [0.25, 0.3) is 0 Å². The number of nitrogens with zero attached hydrogens (tertiary/aromatic N) is 3. The second kappa shape index (κ2) is 8.14. The van der Waals surface area contributed by atoms with Crippen LogP contribution in [0.15, 0.2) is 18.2 Å². The summed E-state index contributed by atoms with van der Waals surface area (Å²) in [6.45, 7) is 8.86. The lowest BCUT2D eigenvalue weighted by atomic mass is 9.90. The van der Waals surface area contributed by atoms with E-state index < -0.39 is 0 Å². The molecule has 4 rings (SSSR count). The summed E-state index contributed by atoms with van der Waals surface area (Å²) in [5.41, 5.74) is 4.35. The quantitative estimate of drug-likeness (QED) is 0.841. The van der Waals surface area contributed by atoms with E-state index in [1.807, 2.05) is 24.0 Å². The number of thiazole rings is 1. The third kappa shape index (κ3) is 4.29. The molecule has 2 heterocycles. The maximum absolute atomic E-state index is 12.8. The number of hydrogen-bond acceptors (Lipinski definition) is 5. The van der Waals surface area contributed by atoms with E-state index in [0.717, 1.165) is 67.5 Å².